The van der Waals surface area contributed by atoms with E-state index in [0.717, 1.165) is 4.70 Å². The van der Waals surface area contributed by atoms with Gasteiger partial charge >= 0.3 is 5.97 Å². The summed E-state index contributed by atoms with van der Waals surface area (Å²) in [5.74, 6) is -0.871. The number of benzene rings is 2. The molecule has 0 aliphatic carbocycles. The minimum absolute atomic E-state index is 0.0508. The average Bonchev–Trinajstić information content (AvgIpc) is 3.07. The summed E-state index contributed by atoms with van der Waals surface area (Å²) in [5, 5.41) is 13.8. The molecule has 0 saturated heterocycles. The molecule has 136 valence electrons. The average molecular weight is 383 g/mol. The molecule has 0 aliphatic rings. The maximum Gasteiger partial charge on any atom is 0.337 e. The van der Waals surface area contributed by atoms with Crippen molar-refractivity contribution in [2.24, 2.45) is 0 Å². The van der Waals surface area contributed by atoms with Crippen molar-refractivity contribution >= 4 is 50.3 Å². The molecule has 8 nitrogen and oxygen atoms in total. The van der Waals surface area contributed by atoms with Crippen molar-refractivity contribution in [3.8, 4) is 0 Å². The second-order valence-electron chi connectivity index (χ2n) is 5.37. The lowest BCUT2D eigenvalue weighted by molar-refractivity contribution is -0.384. The Labute approximate surface area is 157 Å². The number of nitro groups is 1. The van der Waals surface area contributed by atoms with Gasteiger partial charge in [0.2, 0.25) is 5.91 Å². The summed E-state index contributed by atoms with van der Waals surface area (Å²) in [6, 6.07) is 10.9. The smallest absolute Gasteiger partial charge is 0.337 e. The summed E-state index contributed by atoms with van der Waals surface area (Å²) in [6.45, 7) is 0. The number of ether oxygens (including phenoxy) is 1. The molecule has 0 spiro atoms. The number of nitrogens with one attached hydrogen (secondary N) is 1. The first kappa shape index (κ1) is 18.2. The fourth-order valence-corrected chi connectivity index (χ4v) is 3.19. The quantitative estimate of drug-likeness (QED) is 0.312. The van der Waals surface area contributed by atoms with E-state index in [-0.39, 0.29) is 5.69 Å². The topological polar surface area (TPSA) is 111 Å². The lowest BCUT2D eigenvalue weighted by Crippen LogP contribution is -2.07. The molecule has 1 heterocycles. The summed E-state index contributed by atoms with van der Waals surface area (Å²) >= 11 is 1.22. The first-order valence-corrected chi connectivity index (χ1v) is 8.50. The number of amides is 1. The number of aromatic nitrogens is 1. The Kier molecular flexibility index (Phi) is 5.23. The van der Waals surface area contributed by atoms with Crippen LogP contribution >= 0.6 is 11.3 Å². The van der Waals surface area contributed by atoms with Crippen LogP contribution in [0.1, 0.15) is 15.9 Å². The van der Waals surface area contributed by atoms with E-state index < -0.39 is 16.8 Å². The van der Waals surface area contributed by atoms with Crippen LogP contribution in [0, 0.1) is 10.1 Å². The van der Waals surface area contributed by atoms with Crippen molar-refractivity contribution in [3.63, 3.8) is 0 Å². The van der Waals surface area contributed by atoms with Crippen LogP contribution in [0.2, 0.25) is 0 Å². The number of hydrogen-bond donors (Lipinski definition) is 1. The number of non-ortho nitro benzene ring substituents is 1. The lowest BCUT2D eigenvalue weighted by atomic mass is 10.2. The summed E-state index contributed by atoms with van der Waals surface area (Å²) < 4.78 is 5.41. The van der Waals surface area contributed by atoms with Gasteiger partial charge in [-0.05, 0) is 29.8 Å². The standard InChI is InChI=1S/C18H13N3O5S/c1-26-17(23)12-6-7-14-15(10-12)27-18(19-14)20-16(22)8-5-11-3-2-4-13(9-11)21(24)25/h2-10H,1H3,(H,19,20,22). The number of methoxy groups -OCH3 is 1. The number of nitrogens with zero attached hydrogens (tertiary/aromatic N) is 2. The highest BCUT2D eigenvalue weighted by atomic mass is 32.1. The van der Waals surface area contributed by atoms with Crippen LogP contribution in [0.3, 0.4) is 0 Å². The van der Waals surface area contributed by atoms with Crippen molar-refractivity contribution in [1.82, 2.24) is 4.98 Å². The molecular weight excluding hydrogens is 370 g/mol. The van der Waals surface area contributed by atoms with Gasteiger partial charge < -0.3 is 4.74 Å². The van der Waals surface area contributed by atoms with Crippen molar-refractivity contribution in [3.05, 3.63) is 69.8 Å². The highest BCUT2D eigenvalue weighted by Gasteiger charge is 2.10. The lowest BCUT2D eigenvalue weighted by Gasteiger charge is -1.97. The van der Waals surface area contributed by atoms with E-state index in [1.807, 2.05) is 0 Å². The van der Waals surface area contributed by atoms with Gasteiger partial charge in [-0.2, -0.15) is 0 Å². The summed E-state index contributed by atoms with van der Waals surface area (Å²) in [5.41, 5.74) is 1.53. The molecule has 0 aliphatic heterocycles. The van der Waals surface area contributed by atoms with Crippen LogP contribution in [0.15, 0.2) is 48.5 Å². The fourth-order valence-electron chi connectivity index (χ4n) is 2.28. The van der Waals surface area contributed by atoms with Gasteiger partial charge in [0.1, 0.15) is 0 Å². The van der Waals surface area contributed by atoms with E-state index >= 15 is 0 Å². The van der Waals surface area contributed by atoms with Crippen molar-refractivity contribution < 1.29 is 19.2 Å². The Morgan fingerprint density at radius 3 is 2.81 bits per heavy atom. The Morgan fingerprint density at radius 2 is 2.07 bits per heavy atom. The number of hydrogen-bond acceptors (Lipinski definition) is 7. The normalized spacial score (nSPS) is 10.9. The van der Waals surface area contributed by atoms with Crippen LogP contribution in [-0.4, -0.2) is 28.9 Å². The number of carbonyl (C=O) groups excluding carboxylic acids is 2. The van der Waals surface area contributed by atoms with Crippen LogP contribution in [0.25, 0.3) is 16.3 Å². The molecule has 1 aromatic heterocycles. The number of nitro benzene ring substituents is 1. The largest absolute Gasteiger partial charge is 0.465 e. The van der Waals surface area contributed by atoms with E-state index in [1.54, 1.807) is 30.3 Å². The van der Waals surface area contributed by atoms with Gasteiger partial charge in [-0.25, -0.2) is 9.78 Å². The molecule has 3 rings (SSSR count). The van der Waals surface area contributed by atoms with Crippen molar-refractivity contribution in [2.45, 2.75) is 0 Å². The number of esters is 1. The SMILES string of the molecule is COC(=O)c1ccc2nc(NC(=O)C=Cc3cccc([N+](=O)[O-])c3)sc2c1. The highest BCUT2D eigenvalue weighted by Crippen LogP contribution is 2.27. The van der Waals surface area contributed by atoms with Crippen LogP contribution in [0.5, 0.6) is 0 Å². The van der Waals surface area contributed by atoms with E-state index in [4.69, 9.17) is 0 Å². The summed E-state index contributed by atoms with van der Waals surface area (Å²) in [7, 11) is 1.30. The molecule has 9 heteroatoms. The monoisotopic (exact) mass is 383 g/mol. The predicted octanol–water partition coefficient (Wildman–Crippen LogP) is 3.64. The molecule has 0 fully saturated rings. The van der Waals surface area contributed by atoms with Gasteiger partial charge in [0.05, 0.1) is 27.8 Å². The molecule has 1 amide bonds. The van der Waals surface area contributed by atoms with E-state index in [1.165, 1.54) is 42.7 Å². The maximum absolute atomic E-state index is 12.1. The van der Waals surface area contributed by atoms with Gasteiger partial charge in [0.25, 0.3) is 5.69 Å². The van der Waals surface area contributed by atoms with E-state index in [0.29, 0.717) is 21.8 Å². The number of fused-ring (bicyclic) bond motifs is 1. The second-order valence-corrected chi connectivity index (χ2v) is 6.40. The summed E-state index contributed by atoms with van der Waals surface area (Å²) in [6.07, 6.45) is 2.75. The second kappa shape index (κ2) is 7.75. The molecule has 0 atom stereocenters. The van der Waals surface area contributed by atoms with Crippen LogP contribution in [-0.2, 0) is 9.53 Å². The third-order valence-electron chi connectivity index (χ3n) is 3.55. The van der Waals surface area contributed by atoms with Gasteiger partial charge in [-0.1, -0.05) is 23.5 Å². The van der Waals surface area contributed by atoms with Gasteiger partial charge in [-0.15, -0.1) is 0 Å². The number of thiazole rings is 1. The number of carbonyl (C=O) groups is 2. The molecule has 0 bridgehead atoms. The zero-order chi connectivity index (χ0) is 19.4. The minimum atomic E-state index is -0.499. The Hall–Kier alpha value is -3.59. The predicted molar refractivity (Wildman–Crippen MR) is 102 cm³/mol. The Morgan fingerprint density at radius 1 is 1.26 bits per heavy atom. The molecule has 27 heavy (non-hydrogen) atoms. The fraction of sp³-hybridized carbons (Fsp3) is 0.0556. The van der Waals surface area contributed by atoms with Crippen molar-refractivity contribution in [1.29, 1.82) is 0 Å². The van der Waals surface area contributed by atoms with Crippen LogP contribution in [0.4, 0.5) is 10.8 Å². The maximum atomic E-state index is 12.1. The van der Waals surface area contributed by atoms with Crippen LogP contribution < -0.4 is 5.32 Å². The molecule has 0 unspecified atom stereocenters. The minimum Gasteiger partial charge on any atom is -0.465 e. The third kappa shape index (κ3) is 4.33. The molecule has 1 N–H and O–H groups in total. The molecule has 0 radical (unpaired) electrons. The third-order valence-corrected chi connectivity index (χ3v) is 4.48. The molecule has 0 saturated carbocycles. The zero-order valence-electron chi connectivity index (χ0n) is 14.0. The van der Waals surface area contributed by atoms with Gasteiger partial charge in [-0.3, -0.25) is 20.2 Å². The molecular formula is C18H13N3O5S. The Balaban J connectivity index is 1.73. The first-order valence-electron chi connectivity index (χ1n) is 7.68. The van der Waals surface area contributed by atoms with Gasteiger partial charge in [0.15, 0.2) is 5.13 Å². The highest BCUT2D eigenvalue weighted by molar-refractivity contribution is 7.22. The molecule has 2 aromatic carbocycles. The molecule has 3 aromatic rings. The Bertz CT molecular complexity index is 1070. The van der Waals surface area contributed by atoms with Gasteiger partial charge in [0, 0.05) is 18.2 Å². The number of rotatable bonds is 5. The number of anilines is 1. The van der Waals surface area contributed by atoms with E-state index in [9.17, 15) is 19.7 Å². The summed E-state index contributed by atoms with van der Waals surface area (Å²) in [4.78, 5) is 38.2. The zero-order valence-corrected chi connectivity index (χ0v) is 14.9. The first-order chi connectivity index (χ1) is 13.0. The van der Waals surface area contributed by atoms with Crippen molar-refractivity contribution in [2.75, 3.05) is 12.4 Å². The van der Waals surface area contributed by atoms with E-state index in [2.05, 4.69) is 15.0 Å².